The second kappa shape index (κ2) is 6.75. The van der Waals surface area contributed by atoms with E-state index in [-0.39, 0.29) is 18.4 Å². The van der Waals surface area contributed by atoms with Gasteiger partial charge in [0, 0.05) is 10.9 Å². The summed E-state index contributed by atoms with van der Waals surface area (Å²) >= 11 is 0. The Morgan fingerprint density at radius 2 is 1.96 bits per heavy atom. The van der Waals surface area contributed by atoms with Crippen LogP contribution in [-0.2, 0) is 11.2 Å². The molecular weight excluding hydrogens is 330 g/mol. The van der Waals surface area contributed by atoms with Crippen LogP contribution in [0.4, 0.5) is 0 Å². The Balaban J connectivity index is 1.37. The molecule has 5 nitrogen and oxygen atoms in total. The number of carbonyl (C=O) groups is 1. The molecule has 0 saturated heterocycles. The molecule has 0 bridgehead atoms. The zero-order chi connectivity index (χ0) is 18.1. The van der Waals surface area contributed by atoms with E-state index in [1.165, 1.54) is 5.56 Å². The Bertz CT molecular complexity index is 960. The smallest absolute Gasteiger partial charge is 0.224 e. The molecule has 0 unspecified atom stereocenters. The van der Waals surface area contributed by atoms with Gasteiger partial charge in [-0.3, -0.25) is 4.79 Å². The third-order valence-corrected chi connectivity index (χ3v) is 4.79. The highest BCUT2D eigenvalue weighted by Gasteiger charge is 2.21. The molecule has 1 aliphatic rings. The highest BCUT2D eigenvalue weighted by Crippen LogP contribution is 2.30. The van der Waals surface area contributed by atoms with E-state index < -0.39 is 0 Å². The van der Waals surface area contributed by atoms with Crippen LogP contribution in [0.15, 0.2) is 47.1 Å². The van der Waals surface area contributed by atoms with Gasteiger partial charge in [-0.05, 0) is 37.1 Å². The molecule has 1 amide bonds. The Morgan fingerprint density at radius 1 is 1.15 bits per heavy atom. The van der Waals surface area contributed by atoms with Gasteiger partial charge in [-0.15, -0.1) is 0 Å². The van der Waals surface area contributed by atoms with Crippen molar-refractivity contribution in [1.29, 1.82) is 0 Å². The molecule has 5 heteroatoms. The van der Waals surface area contributed by atoms with E-state index in [4.69, 9.17) is 13.9 Å². The number of amides is 1. The number of hydrogen-bond donors (Lipinski definition) is 1. The van der Waals surface area contributed by atoms with Crippen molar-refractivity contribution in [3.63, 3.8) is 0 Å². The molecule has 0 radical (unpaired) electrons. The number of aryl methyl sites for hydroxylation is 2. The predicted molar refractivity (Wildman–Crippen MR) is 98.8 cm³/mol. The zero-order valence-electron chi connectivity index (χ0n) is 14.9. The van der Waals surface area contributed by atoms with Crippen LogP contribution < -0.4 is 14.8 Å². The zero-order valence-corrected chi connectivity index (χ0v) is 14.9. The van der Waals surface area contributed by atoms with Crippen molar-refractivity contribution < 1.29 is 18.7 Å². The first kappa shape index (κ1) is 16.5. The summed E-state index contributed by atoms with van der Waals surface area (Å²) in [4.78, 5) is 12.3. The lowest BCUT2D eigenvalue weighted by molar-refractivity contribution is -0.120. The molecule has 4 rings (SSSR count). The molecule has 3 aromatic rings. The summed E-state index contributed by atoms with van der Waals surface area (Å²) in [5, 5.41) is 3.92. The van der Waals surface area contributed by atoms with E-state index in [0.29, 0.717) is 18.9 Å². The van der Waals surface area contributed by atoms with Crippen molar-refractivity contribution in [2.24, 2.45) is 0 Å². The monoisotopic (exact) mass is 351 g/mol. The Labute approximate surface area is 151 Å². The molecule has 2 aromatic carbocycles. The molecule has 1 N–H and O–H groups in total. The largest absolute Gasteiger partial charge is 0.486 e. The highest BCUT2D eigenvalue weighted by molar-refractivity contribution is 5.89. The number of para-hydroxylation sites is 2. The standard InChI is InChI=1S/C21H21NO4/c1-13-7-8-17-15(11-25-21(17)14(13)2)9-20(23)22-10-16-12-24-18-5-3-4-6-19(18)26-16/h3-8,11,16H,9-10,12H2,1-2H3,(H,22,23)/t16-/m0/s1. The molecule has 0 aliphatic carbocycles. The SMILES string of the molecule is Cc1ccc2c(CC(=O)NC[C@H]3COc4ccccc4O3)coc2c1C. The normalized spacial score (nSPS) is 15.8. The van der Waals surface area contributed by atoms with Gasteiger partial charge in [0.05, 0.1) is 19.2 Å². The highest BCUT2D eigenvalue weighted by atomic mass is 16.6. The fourth-order valence-electron chi connectivity index (χ4n) is 3.15. The van der Waals surface area contributed by atoms with E-state index >= 15 is 0 Å². The first-order valence-corrected chi connectivity index (χ1v) is 8.73. The second-order valence-corrected chi connectivity index (χ2v) is 6.62. The maximum atomic E-state index is 12.3. The van der Waals surface area contributed by atoms with Crippen molar-refractivity contribution in [3.05, 3.63) is 59.4 Å². The van der Waals surface area contributed by atoms with Crippen molar-refractivity contribution in [3.8, 4) is 11.5 Å². The summed E-state index contributed by atoms with van der Waals surface area (Å²) in [7, 11) is 0. The maximum Gasteiger partial charge on any atom is 0.224 e. The first-order chi connectivity index (χ1) is 12.6. The van der Waals surface area contributed by atoms with Gasteiger partial charge >= 0.3 is 0 Å². The molecule has 0 saturated carbocycles. The number of nitrogens with one attached hydrogen (secondary N) is 1. The van der Waals surface area contributed by atoms with E-state index in [9.17, 15) is 4.79 Å². The summed E-state index contributed by atoms with van der Waals surface area (Å²) in [6.07, 6.45) is 1.76. The van der Waals surface area contributed by atoms with Gasteiger partial charge in [0.1, 0.15) is 18.3 Å². The van der Waals surface area contributed by atoms with Gasteiger partial charge in [-0.25, -0.2) is 0 Å². The molecule has 1 aliphatic heterocycles. The molecule has 134 valence electrons. The molecule has 0 spiro atoms. The minimum atomic E-state index is -0.195. The summed E-state index contributed by atoms with van der Waals surface area (Å²) in [5.41, 5.74) is 4.04. The van der Waals surface area contributed by atoms with Gasteiger partial charge in [-0.1, -0.05) is 24.3 Å². The molecule has 0 fully saturated rings. The number of benzene rings is 2. The molecule has 26 heavy (non-hydrogen) atoms. The number of fused-ring (bicyclic) bond motifs is 2. The lowest BCUT2D eigenvalue weighted by atomic mass is 10.0. The second-order valence-electron chi connectivity index (χ2n) is 6.62. The summed E-state index contributed by atoms with van der Waals surface area (Å²) in [6.45, 7) is 4.91. The topological polar surface area (TPSA) is 60.7 Å². The Morgan fingerprint density at radius 3 is 2.81 bits per heavy atom. The maximum absolute atomic E-state index is 12.3. The fraction of sp³-hybridized carbons (Fsp3) is 0.286. The van der Waals surface area contributed by atoms with Crippen LogP contribution in [0.25, 0.3) is 11.0 Å². The first-order valence-electron chi connectivity index (χ1n) is 8.73. The van der Waals surface area contributed by atoms with Crippen molar-refractivity contribution >= 4 is 16.9 Å². The minimum Gasteiger partial charge on any atom is -0.486 e. The van der Waals surface area contributed by atoms with Crippen LogP contribution in [0.3, 0.4) is 0 Å². The number of rotatable bonds is 4. The average Bonchev–Trinajstić information content (AvgIpc) is 3.06. The van der Waals surface area contributed by atoms with E-state index in [0.717, 1.165) is 27.8 Å². The Hall–Kier alpha value is -2.95. The van der Waals surface area contributed by atoms with E-state index in [1.807, 2.05) is 44.2 Å². The number of ether oxygens (including phenoxy) is 2. The van der Waals surface area contributed by atoms with Crippen molar-refractivity contribution in [1.82, 2.24) is 5.32 Å². The molecule has 2 heterocycles. The van der Waals surface area contributed by atoms with Crippen molar-refractivity contribution in [2.75, 3.05) is 13.2 Å². The number of furan rings is 1. The van der Waals surface area contributed by atoms with Crippen molar-refractivity contribution in [2.45, 2.75) is 26.4 Å². The minimum absolute atomic E-state index is 0.0617. The van der Waals surface area contributed by atoms with E-state index in [1.54, 1.807) is 6.26 Å². The molecule has 1 aromatic heterocycles. The third kappa shape index (κ3) is 3.12. The van der Waals surface area contributed by atoms with Gasteiger partial charge in [0.15, 0.2) is 11.5 Å². The Kier molecular flexibility index (Phi) is 4.29. The third-order valence-electron chi connectivity index (χ3n) is 4.79. The lowest BCUT2D eigenvalue weighted by Gasteiger charge is -2.26. The van der Waals surface area contributed by atoms with E-state index in [2.05, 4.69) is 11.4 Å². The number of carbonyl (C=O) groups excluding carboxylic acids is 1. The lowest BCUT2D eigenvalue weighted by Crippen LogP contribution is -2.41. The van der Waals surface area contributed by atoms with Crippen LogP contribution in [0, 0.1) is 13.8 Å². The average molecular weight is 351 g/mol. The van der Waals surface area contributed by atoms with Crippen LogP contribution in [0.5, 0.6) is 11.5 Å². The van der Waals surface area contributed by atoms with Crippen LogP contribution >= 0.6 is 0 Å². The van der Waals surface area contributed by atoms with Crippen LogP contribution in [0.2, 0.25) is 0 Å². The van der Waals surface area contributed by atoms with Gasteiger partial charge in [0.25, 0.3) is 0 Å². The summed E-state index contributed by atoms with van der Waals surface area (Å²) in [5.74, 6) is 1.39. The predicted octanol–water partition coefficient (Wildman–Crippen LogP) is 3.55. The summed E-state index contributed by atoms with van der Waals surface area (Å²) in [6, 6.07) is 11.6. The molecule has 1 atom stereocenters. The van der Waals surface area contributed by atoms with Gasteiger partial charge in [-0.2, -0.15) is 0 Å². The fourth-order valence-corrected chi connectivity index (χ4v) is 3.15. The summed E-state index contributed by atoms with van der Waals surface area (Å²) < 4.78 is 17.2. The van der Waals surface area contributed by atoms with Gasteiger partial charge < -0.3 is 19.2 Å². The van der Waals surface area contributed by atoms with Crippen LogP contribution in [-0.4, -0.2) is 25.2 Å². The van der Waals surface area contributed by atoms with Crippen LogP contribution in [0.1, 0.15) is 16.7 Å². The number of hydrogen-bond acceptors (Lipinski definition) is 4. The molecular formula is C21H21NO4. The van der Waals surface area contributed by atoms with Gasteiger partial charge in [0.2, 0.25) is 5.91 Å². The quantitative estimate of drug-likeness (QED) is 0.781.